The molecule has 2 heterocycles. The summed E-state index contributed by atoms with van der Waals surface area (Å²) in [5.41, 5.74) is 4.02. The average Bonchev–Trinajstić information content (AvgIpc) is 3.32. The van der Waals surface area contributed by atoms with Gasteiger partial charge in [-0.2, -0.15) is 5.10 Å². The fourth-order valence-corrected chi connectivity index (χ4v) is 3.65. The van der Waals surface area contributed by atoms with E-state index in [0.717, 1.165) is 33.5 Å². The maximum absolute atomic E-state index is 12.7. The van der Waals surface area contributed by atoms with Crippen LogP contribution >= 0.6 is 11.6 Å². The minimum atomic E-state index is -0.208. The molecule has 0 aliphatic heterocycles. The summed E-state index contributed by atoms with van der Waals surface area (Å²) in [6.07, 6.45) is 4.44. The van der Waals surface area contributed by atoms with Gasteiger partial charge < -0.3 is 15.0 Å². The molecule has 0 radical (unpaired) electrons. The highest BCUT2D eigenvalue weighted by atomic mass is 35.5. The molecule has 0 saturated heterocycles. The molecule has 6 nitrogen and oxygen atoms in total. The number of carbonyl (C=O) groups is 1. The van der Waals surface area contributed by atoms with Gasteiger partial charge in [0.15, 0.2) is 5.69 Å². The number of carbonyl (C=O) groups excluding carboxylic acids is 1. The first-order valence-corrected chi connectivity index (χ1v) is 9.68. The molecule has 148 valence electrons. The number of nitrogens with zero attached hydrogens (tertiary/aromatic N) is 2. The lowest BCUT2D eigenvalue weighted by atomic mass is 10.1. The maximum atomic E-state index is 12.7. The van der Waals surface area contributed by atoms with Crippen molar-refractivity contribution in [1.82, 2.24) is 20.1 Å². The SMILES string of the molecule is COc1cccc2[nH]cc(CCNC(=O)c3nn(-c4ccccc4Cl)cc3C)c12. The van der Waals surface area contributed by atoms with Crippen LogP contribution in [-0.4, -0.2) is 34.3 Å². The zero-order valence-corrected chi connectivity index (χ0v) is 17.0. The van der Waals surface area contributed by atoms with E-state index in [9.17, 15) is 4.79 Å². The zero-order chi connectivity index (χ0) is 20.4. The molecule has 2 aromatic carbocycles. The number of para-hydroxylation sites is 1. The fraction of sp³-hybridized carbons (Fsp3) is 0.182. The topological polar surface area (TPSA) is 71.9 Å². The van der Waals surface area contributed by atoms with Gasteiger partial charge in [-0.15, -0.1) is 0 Å². The van der Waals surface area contributed by atoms with Crippen LogP contribution in [0.3, 0.4) is 0 Å². The van der Waals surface area contributed by atoms with E-state index in [0.29, 0.717) is 23.7 Å². The second-order valence-electron chi connectivity index (χ2n) is 6.76. The number of hydrogen-bond acceptors (Lipinski definition) is 3. The van der Waals surface area contributed by atoms with Crippen molar-refractivity contribution in [1.29, 1.82) is 0 Å². The van der Waals surface area contributed by atoms with Crippen molar-refractivity contribution in [2.24, 2.45) is 0 Å². The number of H-pyrrole nitrogens is 1. The number of benzene rings is 2. The predicted molar refractivity (Wildman–Crippen MR) is 114 cm³/mol. The molecule has 0 aliphatic carbocycles. The number of ether oxygens (including phenoxy) is 1. The Labute approximate surface area is 173 Å². The lowest BCUT2D eigenvalue weighted by Gasteiger charge is -2.06. The highest BCUT2D eigenvalue weighted by molar-refractivity contribution is 6.32. The number of aryl methyl sites for hydroxylation is 1. The van der Waals surface area contributed by atoms with Gasteiger partial charge in [0, 0.05) is 35.4 Å². The van der Waals surface area contributed by atoms with E-state index in [2.05, 4.69) is 15.4 Å². The first kappa shape index (κ1) is 19.1. The number of halogens is 1. The maximum Gasteiger partial charge on any atom is 0.272 e. The zero-order valence-electron chi connectivity index (χ0n) is 16.2. The van der Waals surface area contributed by atoms with Gasteiger partial charge in [0.25, 0.3) is 5.91 Å². The number of methoxy groups -OCH3 is 1. The monoisotopic (exact) mass is 408 g/mol. The number of aromatic nitrogens is 3. The molecule has 0 fully saturated rings. The molecule has 0 aliphatic rings. The summed E-state index contributed by atoms with van der Waals surface area (Å²) in [7, 11) is 1.66. The van der Waals surface area contributed by atoms with Crippen molar-refractivity contribution in [2.45, 2.75) is 13.3 Å². The van der Waals surface area contributed by atoms with Gasteiger partial charge in [-0.3, -0.25) is 4.79 Å². The number of aromatic amines is 1. The quantitative estimate of drug-likeness (QED) is 0.499. The molecule has 0 saturated carbocycles. The highest BCUT2D eigenvalue weighted by Crippen LogP contribution is 2.28. The Morgan fingerprint density at radius 1 is 1.24 bits per heavy atom. The third-order valence-electron chi connectivity index (χ3n) is 4.86. The van der Waals surface area contributed by atoms with Crippen molar-refractivity contribution >= 4 is 28.4 Å². The second-order valence-corrected chi connectivity index (χ2v) is 7.17. The van der Waals surface area contributed by atoms with Gasteiger partial charge in [0.1, 0.15) is 5.75 Å². The lowest BCUT2D eigenvalue weighted by Crippen LogP contribution is -2.26. The third kappa shape index (κ3) is 3.71. The van der Waals surface area contributed by atoms with Crippen LogP contribution in [0.5, 0.6) is 5.75 Å². The number of fused-ring (bicyclic) bond motifs is 1. The van der Waals surface area contributed by atoms with Crippen LogP contribution in [-0.2, 0) is 6.42 Å². The van der Waals surface area contributed by atoms with Gasteiger partial charge in [0.2, 0.25) is 0 Å². The Hall–Kier alpha value is -3.25. The summed E-state index contributed by atoms with van der Waals surface area (Å²) >= 11 is 6.24. The van der Waals surface area contributed by atoms with Crippen molar-refractivity contribution in [3.63, 3.8) is 0 Å². The van der Waals surface area contributed by atoms with Gasteiger partial charge in [0.05, 0.1) is 17.8 Å². The molecule has 2 N–H and O–H groups in total. The Morgan fingerprint density at radius 3 is 2.86 bits per heavy atom. The number of rotatable bonds is 6. The van der Waals surface area contributed by atoms with Crippen molar-refractivity contribution in [2.75, 3.05) is 13.7 Å². The molecule has 4 aromatic rings. The van der Waals surface area contributed by atoms with Gasteiger partial charge in [-0.25, -0.2) is 4.68 Å². The molecular formula is C22H21ClN4O2. The van der Waals surface area contributed by atoms with Crippen LogP contribution in [0.25, 0.3) is 16.6 Å². The Morgan fingerprint density at radius 2 is 2.07 bits per heavy atom. The van der Waals surface area contributed by atoms with E-state index in [4.69, 9.17) is 16.3 Å². The minimum absolute atomic E-state index is 0.208. The Kier molecular flexibility index (Phi) is 5.27. The molecule has 29 heavy (non-hydrogen) atoms. The number of amides is 1. The van der Waals surface area contributed by atoms with Gasteiger partial charge in [-0.05, 0) is 43.2 Å². The van der Waals surface area contributed by atoms with Crippen molar-refractivity contribution in [3.8, 4) is 11.4 Å². The molecule has 0 bridgehead atoms. The van der Waals surface area contributed by atoms with E-state index in [1.807, 2.05) is 49.5 Å². The molecule has 4 rings (SSSR count). The summed E-state index contributed by atoms with van der Waals surface area (Å²) in [5.74, 6) is 0.611. The molecule has 0 unspecified atom stereocenters. The fourth-order valence-electron chi connectivity index (χ4n) is 3.43. The van der Waals surface area contributed by atoms with E-state index in [1.165, 1.54) is 0 Å². The average molecular weight is 409 g/mol. The predicted octanol–water partition coefficient (Wildman–Crippen LogP) is 4.30. The Bertz CT molecular complexity index is 1180. The summed E-state index contributed by atoms with van der Waals surface area (Å²) in [6.45, 7) is 2.35. The van der Waals surface area contributed by atoms with Crippen LogP contribution in [0.4, 0.5) is 0 Å². The molecular weight excluding hydrogens is 388 g/mol. The number of hydrogen-bond donors (Lipinski definition) is 2. The van der Waals surface area contributed by atoms with Crippen LogP contribution in [0.1, 0.15) is 21.6 Å². The first-order chi connectivity index (χ1) is 14.1. The molecule has 1 amide bonds. The smallest absolute Gasteiger partial charge is 0.272 e. The van der Waals surface area contributed by atoms with E-state index >= 15 is 0 Å². The molecule has 2 aromatic heterocycles. The van der Waals surface area contributed by atoms with Crippen LogP contribution in [0.2, 0.25) is 5.02 Å². The second kappa shape index (κ2) is 8.01. The van der Waals surface area contributed by atoms with Crippen LogP contribution < -0.4 is 10.1 Å². The lowest BCUT2D eigenvalue weighted by molar-refractivity contribution is 0.0948. The van der Waals surface area contributed by atoms with Crippen molar-refractivity contribution < 1.29 is 9.53 Å². The van der Waals surface area contributed by atoms with Crippen LogP contribution in [0.15, 0.2) is 54.9 Å². The first-order valence-electron chi connectivity index (χ1n) is 9.31. The van der Waals surface area contributed by atoms with Crippen LogP contribution in [0, 0.1) is 6.92 Å². The summed E-state index contributed by atoms with van der Waals surface area (Å²) < 4.78 is 7.10. The molecule has 0 spiro atoms. The normalized spacial score (nSPS) is 11.0. The van der Waals surface area contributed by atoms with E-state index in [1.54, 1.807) is 24.1 Å². The summed E-state index contributed by atoms with van der Waals surface area (Å²) in [4.78, 5) is 15.9. The molecule has 0 atom stereocenters. The molecule has 7 heteroatoms. The Balaban J connectivity index is 1.47. The van der Waals surface area contributed by atoms with E-state index < -0.39 is 0 Å². The largest absolute Gasteiger partial charge is 0.496 e. The summed E-state index contributed by atoms with van der Waals surface area (Å²) in [6, 6.07) is 13.3. The van der Waals surface area contributed by atoms with Crippen molar-refractivity contribution in [3.05, 3.63) is 76.7 Å². The van der Waals surface area contributed by atoms with E-state index in [-0.39, 0.29) is 5.91 Å². The highest BCUT2D eigenvalue weighted by Gasteiger charge is 2.16. The van der Waals surface area contributed by atoms with Gasteiger partial charge in [-0.1, -0.05) is 29.8 Å². The minimum Gasteiger partial charge on any atom is -0.496 e. The summed E-state index contributed by atoms with van der Waals surface area (Å²) in [5, 5.41) is 9.01. The third-order valence-corrected chi connectivity index (χ3v) is 5.18. The van der Waals surface area contributed by atoms with Gasteiger partial charge >= 0.3 is 0 Å². The standard InChI is InChI=1S/C22H21ClN4O2/c1-14-13-27(18-8-4-3-6-16(18)23)26-21(14)22(28)24-11-10-15-12-25-17-7-5-9-19(29-2)20(15)17/h3-9,12-13,25H,10-11H2,1-2H3,(H,24,28). The number of nitrogens with one attached hydrogen (secondary N) is 2.